The summed E-state index contributed by atoms with van der Waals surface area (Å²) in [6, 6.07) is 10.2. The molecule has 0 bridgehead atoms. The van der Waals surface area contributed by atoms with E-state index in [0.717, 1.165) is 25.9 Å². The van der Waals surface area contributed by atoms with E-state index in [1.807, 2.05) is 6.26 Å². The lowest BCUT2D eigenvalue weighted by atomic mass is 9.68. The van der Waals surface area contributed by atoms with Crippen LogP contribution in [0.15, 0.2) is 48.5 Å². The van der Waals surface area contributed by atoms with Crippen molar-refractivity contribution in [1.82, 2.24) is 10.2 Å². The monoisotopic (exact) mass is 596 g/mol. The van der Waals surface area contributed by atoms with E-state index < -0.39 is 35.4 Å². The number of carbonyl (C=O) groups excluding carboxylic acids is 1. The summed E-state index contributed by atoms with van der Waals surface area (Å²) in [6.45, 7) is 3.67. The van der Waals surface area contributed by atoms with Crippen molar-refractivity contribution in [2.75, 3.05) is 25.1 Å². The van der Waals surface area contributed by atoms with Crippen LogP contribution in [-0.2, 0) is 29.1 Å². The van der Waals surface area contributed by atoms with Gasteiger partial charge in [-0.05, 0) is 79.3 Å². The van der Waals surface area contributed by atoms with E-state index in [4.69, 9.17) is 0 Å². The van der Waals surface area contributed by atoms with Crippen LogP contribution in [-0.4, -0.2) is 41.9 Å². The third kappa shape index (κ3) is 5.78. The molecule has 41 heavy (non-hydrogen) atoms. The van der Waals surface area contributed by atoms with Crippen molar-refractivity contribution >= 4 is 23.7 Å². The van der Waals surface area contributed by atoms with Crippen LogP contribution in [0.4, 0.5) is 26.3 Å². The largest absolute Gasteiger partial charge is 0.416 e. The molecular formula is C31H34F6N2OS. The minimum atomic E-state index is -4.93. The Balaban J connectivity index is 1.27. The van der Waals surface area contributed by atoms with Gasteiger partial charge in [0.1, 0.15) is 0 Å². The number of carbonyl (C=O) groups is 1. The fraction of sp³-hybridized carbons (Fsp3) is 0.516. The standard InChI is InChI=1S/C31H34F6N2OS/c1-20-18-39(12-11-29(20)10-7-22-5-3-4-6-26(22)29)25-8-9-28(16-25,19-41-2)27(40)38-17-21-13-23(30(32,33)34)15-24(14-21)31(35,36)37/h3-7,10,13-15,20,25H,8-9,11-12,16-19H2,1-2H3,(H,38,40)/t20-,25?,28?,29-/m0/s1. The molecule has 10 heteroatoms. The lowest BCUT2D eigenvalue weighted by Gasteiger charge is -2.46. The summed E-state index contributed by atoms with van der Waals surface area (Å²) in [5.74, 6) is 0.605. The molecule has 1 spiro atoms. The van der Waals surface area contributed by atoms with Crippen molar-refractivity contribution in [3.63, 3.8) is 0 Å². The maximum atomic E-state index is 13.5. The van der Waals surface area contributed by atoms with Gasteiger partial charge < -0.3 is 5.32 Å². The quantitative estimate of drug-likeness (QED) is 0.350. The van der Waals surface area contributed by atoms with Crippen LogP contribution < -0.4 is 5.32 Å². The number of likely N-dealkylation sites (tertiary alicyclic amines) is 1. The minimum absolute atomic E-state index is 0.0135. The Morgan fingerprint density at radius 2 is 1.73 bits per heavy atom. The second kappa shape index (κ2) is 11.0. The number of nitrogens with one attached hydrogen (secondary N) is 1. The molecule has 2 aromatic carbocycles. The molecule has 1 aliphatic heterocycles. The maximum Gasteiger partial charge on any atom is 0.416 e. The number of hydrogen-bond acceptors (Lipinski definition) is 3. The van der Waals surface area contributed by atoms with E-state index >= 15 is 0 Å². The van der Waals surface area contributed by atoms with Gasteiger partial charge in [0.05, 0.1) is 16.5 Å². The Morgan fingerprint density at radius 1 is 1.05 bits per heavy atom. The highest BCUT2D eigenvalue weighted by atomic mass is 32.2. The zero-order valence-corrected chi connectivity index (χ0v) is 23.9. The van der Waals surface area contributed by atoms with Crippen LogP contribution in [0, 0.1) is 11.3 Å². The molecule has 222 valence electrons. The van der Waals surface area contributed by atoms with Gasteiger partial charge in [-0.1, -0.05) is 43.3 Å². The van der Waals surface area contributed by atoms with Crippen LogP contribution in [0.3, 0.4) is 0 Å². The van der Waals surface area contributed by atoms with Gasteiger partial charge in [0.2, 0.25) is 5.91 Å². The van der Waals surface area contributed by atoms with Crippen LogP contribution in [0.5, 0.6) is 0 Å². The first-order valence-electron chi connectivity index (χ1n) is 13.9. The Hall–Kier alpha value is -2.46. The maximum absolute atomic E-state index is 13.5. The molecule has 5 rings (SSSR count). The third-order valence-electron chi connectivity index (χ3n) is 9.32. The number of fused-ring (bicyclic) bond motifs is 2. The first-order chi connectivity index (χ1) is 19.3. The lowest BCUT2D eigenvalue weighted by Crippen LogP contribution is -2.51. The van der Waals surface area contributed by atoms with Gasteiger partial charge in [-0.3, -0.25) is 9.69 Å². The van der Waals surface area contributed by atoms with Crippen molar-refractivity contribution in [2.24, 2.45) is 11.3 Å². The molecule has 1 N–H and O–H groups in total. The molecule has 2 unspecified atom stereocenters. The van der Waals surface area contributed by atoms with Crippen LogP contribution in [0.2, 0.25) is 0 Å². The van der Waals surface area contributed by atoms with Crippen LogP contribution in [0.25, 0.3) is 6.08 Å². The fourth-order valence-corrected chi connectivity index (χ4v) is 8.08. The van der Waals surface area contributed by atoms with E-state index in [9.17, 15) is 31.1 Å². The number of nitrogens with zero attached hydrogens (tertiary/aromatic N) is 1. The van der Waals surface area contributed by atoms with Gasteiger partial charge >= 0.3 is 12.4 Å². The smallest absolute Gasteiger partial charge is 0.352 e. The SMILES string of the molecule is CSCC1(C(=O)NCc2cc(C(F)(F)F)cc(C(F)(F)F)c2)CCC(N2CC[C@@]3(C=Cc4ccccc43)[C@@H](C)C2)C1. The van der Waals surface area contributed by atoms with Crippen LogP contribution >= 0.6 is 11.8 Å². The van der Waals surface area contributed by atoms with Gasteiger partial charge in [0.25, 0.3) is 0 Å². The lowest BCUT2D eigenvalue weighted by molar-refractivity contribution is -0.143. The number of alkyl halides is 6. The number of rotatable bonds is 6. The zero-order valence-electron chi connectivity index (χ0n) is 23.0. The van der Waals surface area contributed by atoms with Gasteiger partial charge in [0, 0.05) is 30.3 Å². The van der Waals surface area contributed by atoms with E-state index in [1.165, 1.54) is 22.9 Å². The van der Waals surface area contributed by atoms with Crippen molar-refractivity contribution in [3.8, 4) is 0 Å². The fourth-order valence-electron chi connectivity index (χ4n) is 7.13. The molecule has 1 saturated carbocycles. The number of hydrogen-bond donors (Lipinski definition) is 1. The van der Waals surface area contributed by atoms with Crippen LogP contribution in [0.1, 0.15) is 60.4 Å². The molecule has 2 aromatic rings. The molecule has 4 atom stereocenters. The van der Waals surface area contributed by atoms with Gasteiger partial charge in [-0.15, -0.1) is 0 Å². The van der Waals surface area contributed by atoms with E-state index in [2.05, 4.69) is 53.6 Å². The molecule has 1 heterocycles. The predicted molar refractivity (Wildman–Crippen MR) is 149 cm³/mol. The molecular weight excluding hydrogens is 562 g/mol. The highest BCUT2D eigenvalue weighted by Crippen LogP contribution is 2.49. The number of piperidine rings is 1. The Bertz CT molecular complexity index is 1290. The first-order valence-corrected chi connectivity index (χ1v) is 15.3. The van der Waals surface area contributed by atoms with E-state index in [0.29, 0.717) is 36.6 Å². The molecule has 1 saturated heterocycles. The first kappa shape index (κ1) is 30.0. The number of allylic oxidation sites excluding steroid dienone is 1. The molecule has 2 aliphatic carbocycles. The van der Waals surface area contributed by atoms with Crippen molar-refractivity contribution in [1.29, 1.82) is 0 Å². The normalized spacial score (nSPS) is 28.3. The second-order valence-electron chi connectivity index (χ2n) is 11.8. The van der Waals surface area contributed by atoms with Gasteiger partial charge in [-0.2, -0.15) is 38.1 Å². The molecule has 3 nitrogen and oxygen atoms in total. The number of amides is 1. The second-order valence-corrected chi connectivity index (χ2v) is 12.7. The average molecular weight is 597 g/mol. The molecule has 3 aliphatic rings. The highest BCUT2D eigenvalue weighted by Gasteiger charge is 2.50. The van der Waals surface area contributed by atoms with E-state index in [-0.39, 0.29) is 29.0 Å². The topological polar surface area (TPSA) is 32.3 Å². The Labute approximate surface area is 240 Å². The Morgan fingerprint density at radius 3 is 2.37 bits per heavy atom. The summed E-state index contributed by atoms with van der Waals surface area (Å²) in [4.78, 5) is 16.0. The summed E-state index contributed by atoms with van der Waals surface area (Å²) in [5, 5.41) is 2.69. The average Bonchev–Trinajstić information content (AvgIpc) is 3.52. The molecule has 2 fully saturated rings. The summed E-state index contributed by atoms with van der Waals surface area (Å²) >= 11 is 1.53. The molecule has 0 aromatic heterocycles. The van der Waals surface area contributed by atoms with Crippen molar-refractivity contribution < 1.29 is 31.1 Å². The Kier molecular flexibility index (Phi) is 8.04. The minimum Gasteiger partial charge on any atom is -0.352 e. The predicted octanol–water partition coefficient (Wildman–Crippen LogP) is 7.55. The zero-order chi connectivity index (χ0) is 29.6. The van der Waals surface area contributed by atoms with Crippen molar-refractivity contribution in [2.45, 2.75) is 63.0 Å². The van der Waals surface area contributed by atoms with Gasteiger partial charge in [-0.25, -0.2) is 0 Å². The third-order valence-corrected chi connectivity index (χ3v) is 10.2. The van der Waals surface area contributed by atoms with Gasteiger partial charge in [0.15, 0.2) is 0 Å². The summed E-state index contributed by atoms with van der Waals surface area (Å²) < 4.78 is 79.8. The highest BCUT2D eigenvalue weighted by molar-refractivity contribution is 7.98. The molecule has 1 amide bonds. The van der Waals surface area contributed by atoms with Crippen molar-refractivity contribution in [3.05, 3.63) is 76.4 Å². The summed E-state index contributed by atoms with van der Waals surface area (Å²) in [6.07, 6.45) is -0.356. The summed E-state index contributed by atoms with van der Waals surface area (Å²) in [7, 11) is 0. The number of halogens is 6. The van der Waals surface area contributed by atoms with E-state index in [1.54, 1.807) is 0 Å². The number of thioether (sulfide) groups is 1. The number of benzene rings is 2. The molecule has 0 radical (unpaired) electrons. The summed E-state index contributed by atoms with van der Waals surface area (Å²) in [5.41, 5.74) is -1.06.